The Morgan fingerprint density at radius 2 is 1.95 bits per heavy atom. The Bertz CT molecular complexity index is 553. The molecule has 2 amide bonds. The average molecular weight is 293 g/mol. The van der Waals surface area contributed by atoms with Gasteiger partial charge in [-0.2, -0.15) is 0 Å². The SMILES string of the molecule is CC1(C2CC2)C(=O)NCC(=O)N1Cc1ccc(Cl)cc1. The first-order valence-corrected chi connectivity index (χ1v) is 7.23. The second-order valence-corrected chi connectivity index (χ2v) is 6.15. The Balaban J connectivity index is 1.89. The molecule has 3 rings (SSSR count). The topological polar surface area (TPSA) is 49.4 Å². The van der Waals surface area contributed by atoms with E-state index in [1.807, 2.05) is 19.1 Å². The van der Waals surface area contributed by atoms with E-state index < -0.39 is 5.54 Å². The van der Waals surface area contributed by atoms with Crippen molar-refractivity contribution in [3.63, 3.8) is 0 Å². The Kier molecular flexibility index (Phi) is 3.21. The van der Waals surface area contributed by atoms with Crippen molar-refractivity contribution < 1.29 is 9.59 Å². The summed E-state index contributed by atoms with van der Waals surface area (Å²) in [5, 5.41) is 3.39. The third kappa shape index (κ3) is 2.18. The van der Waals surface area contributed by atoms with Crippen LogP contribution in [0.5, 0.6) is 0 Å². The van der Waals surface area contributed by atoms with Crippen LogP contribution >= 0.6 is 11.6 Å². The third-order valence-corrected chi connectivity index (χ3v) is 4.60. The van der Waals surface area contributed by atoms with Crippen LogP contribution in [0.4, 0.5) is 0 Å². The normalized spacial score (nSPS) is 26.6. The zero-order chi connectivity index (χ0) is 14.3. The molecule has 1 aliphatic heterocycles. The van der Waals surface area contributed by atoms with E-state index >= 15 is 0 Å². The van der Waals surface area contributed by atoms with Crippen molar-refractivity contribution in [1.29, 1.82) is 0 Å². The van der Waals surface area contributed by atoms with Crippen LogP contribution in [0.2, 0.25) is 5.02 Å². The first kappa shape index (κ1) is 13.4. The number of hydrogen-bond acceptors (Lipinski definition) is 2. The van der Waals surface area contributed by atoms with Crippen LogP contribution in [0, 0.1) is 5.92 Å². The summed E-state index contributed by atoms with van der Waals surface area (Å²) in [7, 11) is 0. The van der Waals surface area contributed by atoms with E-state index in [9.17, 15) is 9.59 Å². The van der Waals surface area contributed by atoms with Crippen molar-refractivity contribution in [3.8, 4) is 0 Å². The summed E-state index contributed by atoms with van der Waals surface area (Å²) in [4.78, 5) is 26.2. The Labute approximate surface area is 123 Å². The third-order valence-electron chi connectivity index (χ3n) is 4.35. The second-order valence-electron chi connectivity index (χ2n) is 5.71. The Hall–Kier alpha value is -1.55. The average Bonchev–Trinajstić information content (AvgIpc) is 3.26. The van der Waals surface area contributed by atoms with Crippen molar-refractivity contribution in [2.45, 2.75) is 31.8 Å². The van der Waals surface area contributed by atoms with Gasteiger partial charge in [0.05, 0.1) is 6.54 Å². The first-order chi connectivity index (χ1) is 9.51. The van der Waals surface area contributed by atoms with Crippen LogP contribution in [0.25, 0.3) is 0 Å². The number of halogens is 1. The highest BCUT2D eigenvalue weighted by molar-refractivity contribution is 6.30. The van der Waals surface area contributed by atoms with Gasteiger partial charge < -0.3 is 10.2 Å². The number of piperazine rings is 1. The molecule has 4 nitrogen and oxygen atoms in total. The van der Waals surface area contributed by atoms with Crippen LogP contribution in [0.1, 0.15) is 25.3 Å². The summed E-state index contributed by atoms with van der Waals surface area (Å²) in [5.41, 5.74) is 0.277. The standard InChI is InChI=1S/C15H17ClN2O2/c1-15(11-4-5-11)14(20)17-8-13(19)18(15)9-10-2-6-12(16)7-3-10/h2-3,6-7,11H,4-5,8-9H2,1H3,(H,17,20). The van der Waals surface area contributed by atoms with Crippen LogP contribution in [0.3, 0.4) is 0 Å². The van der Waals surface area contributed by atoms with Crippen molar-refractivity contribution in [3.05, 3.63) is 34.9 Å². The van der Waals surface area contributed by atoms with Crippen LogP contribution in [-0.4, -0.2) is 28.8 Å². The van der Waals surface area contributed by atoms with Crippen LogP contribution in [0.15, 0.2) is 24.3 Å². The fourth-order valence-corrected chi connectivity index (χ4v) is 3.01. The number of benzene rings is 1. The van der Waals surface area contributed by atoms with E-state index in [1.54, 1.807) is 17.0 Å². The molecule has 1 saturated carbocycles. The van der Waals surface area contributed by atoms with Crippen LogP contribution in [-0.2, 0) is 16.1 Å². The van der Waals surface area contributed by atoms with E-state index in [0.717, 1.165) is 18.4 Å². The summed E-state index contributed by atoms with van der Waals surface area (Å²) in [6.45, 7) is 2.43. The number of hydrogen-bond donors (Lipinski definition) is 1. The lowest BCUT2D eigenvalue weighted by Gasteiger charge is -2.44. The maximum Gasteiger partial charge on any atom is 0.246 e. The molecule has 0 bridgehead atoms. The molecular formula is C15H17ClN2O2. The quantitative estimate of drug-likeness (QED) is 0.926. The predicted octanol–water partition coefficient (Wildman–Crippen LogP) is 1.97. The van der Waals surface area contributed by atoms with E-state index in [4.69, 9.17) is 11.6 Å². The fraction of sp³-hybridized carbons (Fsp3) is 0.467. The fourth-order valence-electron chi connectivity index (χ4n) is 2.89. The molecule has 1 N–H and O–H groups in total. The molecule has 1 atom stereocenters. The Morgan fingerprint density at radius 1 is 1.30 bits per heavy atom. The molecule has 1 aromatic carbocycles. The number of carbonyl (C=O) groups excluding carboxylic acids is 2. The summed E-state index contributed by atoms with van der Waals surface area (Å²) >= 11 is 5.88. The van der Waals surface area contributed by atoms with Crippen molar-refractivity contribution >= 4 is 23.4 Å². The molecule has 1 saturated heterocycles. The maximum atomic E-state index is 12.3. The van der Waals surface area contributed by atoms with Crippen molar-refractivity contribution in [2.24, 2.45) is 5.92 Å². The number of rotatable bonds is 3. The summed E-state index contributed by atoms with van der Waals surface area (Å²) in [5.74, 6) is 0.224. The molecule has 1 unspecified atom stereocenters. The molecule has 1 aliphatic carbocycles. The molecule has 1 aromatic rings. The second kappa shape index (κ2) is 4.77. The van der Waals surface area contributed by atoms with Gasteiger partial charge in [-0.05, 0) is 43.4 Å². The van der Waals surface area contributed by atoms with E-state index in [2.05, 4.69) is 5.32 Å². The van der Waals surface area contributed by atoms with Gasteiger partial charge in [-0.1, -0.05) is 23.7 Å². The largest absolute Gasteiger partial charge is 0.345 e. The van der Waals surface area contributed by atoms with Gasteiger partial charge in [0, 0.05) is 11.6 Å². The molecule has 1 heterocycles. The molecule has 2 fully saturated rings. The minimum absolute atomic E-state index is 0.0195. The number of amides is 2. The zero-order valence-corrected chi connectivity index (χ0v) is 12.1. The smallest absolute Gasteiger partial charge is 0.246 e. The monoisotopic (exact) mass is 292 g/mol. The molecule has 20 heavy (non-hydrogen) atoms. The Morgan fingerprint density at radius 3 is 2.55 bits per heavy atom. The predicted molar refractivity (Wildman–Crippen MR) is 76.1 cm³/mol. The highest BCUT2D eigenvalue weighted by Gasteiger charge is 2.54. The highest BCUT2D eigenvalue weighted by atomic mass is 35.5. The van der Waals surface area contributed by atoms with Crippen molar-refractivity contribution in [2.75, 3.05) is 6.54 Å². The van der Waals surface area contributed by atoms with Gasteiger partial charge in [-0.25, -0.2) is 0 Å². The minimum atomic E-state index is -0.713. The highest BCUT2D eigenvalue weighted by Crippen LogP contribution is 2.44. The lowest BCUT2D eigenvalue weighted by atomic mass is 9.89. The van der Waals surface area contributed by atoms with Gasteiger partial charge >= 0.3 is 0 Å². The van der Waals surface area contributed by atoms with E-state index in [0.29, 0.717) is 11.6 Å². The minimum Gasteiger partial charge on any atom is -0.345 e. The zero-order valence-electron chi connectivity index (χ0n) is 11.4. The number of nitrogens with one attached hydrogen (secondary N) is 1. The molecule has 2 aliphatic rings. The summed E-state index contributed by atoms with van der Waals surface area (Å²) in [6.07, 6.45) is 2.02. The number of carbonyl (C=O) groups is 2. The molecular weight excluding hydrogens is 276 g/mol. The molecule has 5 heteroatoms. The summed E-state index contributed by atoms with van der Waals surface area (Å²) in [6, 6.07) is 7.41. The van der Waals surface area contributed by atoms with E-state index in [1.165, 1.54) is 0 Å². The molecule has 0 aromatic heterocycles. The molecule has 0 spiro atoms. The van der Waals surface area contributed by atoms with Crippen molar-refractivity contribution in [1.82, 2.24) is 10.2 Å². The number of nitrogens with zero attached hydrogens (tertiary/aromatic N) is 1. The first-order valence-electron chi connectivity index (χ1n) is 6.85. The molecule has 106 valence electrons. The van der Waals surface area contributed by atoms with Gasteiger partial charge in [0.25, 0.3) is 0 Å². The lowest BCUT2D eigenvalue weighted by molar-refractivity contribution is -0.155. The lowest BCUT2D eigenvalue weighted by Crippen LogP contribution is -2.66. The van der Waals surface area contributed by atoms with E-state index in [-0.39, 0.29) is 24.3 Å². The van der Waals surface area contributed by atoms with Gasteiger partial charge in [-0.15, -0.1) is 0 Å². The maximum absolute atomic E-state index is 12.3. The van der Waals surface area contributed by atoms with Gasteiger partial charge in [0.15, 0.2) is 0 Å². The van der Waals surface area contributed by atoms with Gasteiger partial charge in [-0.3, -0.25) is 9.59 Å². The van der Waals surface area contributed by atoms with Crippen LogP contribution < -0.4 is 5.32 Å². The molecule has 0 radical (unpaired) electrons. The van der Waals surface area contributed by atoms with Gasteiger partial charge in [0.2, 0.25) is 11.8 Å². The van der Waals surface area contributed by atoms with Gasteiger partial charge in [0.1, 0.15) is 5.54 Å². The summed E-state index contributed by atoms with van der Waals surface area (Å²) < 4.78 is 0.